The number of hydrogen-bond donors (Lipinski definition) is 0. The van der Waals surface area contributed by atoms with Gasteiger partial charge in [0.15, 0.2) is 0 Å². The van der Waals surface area contributed by atoms with E-state index in [0.29, 0.717) is 0 Å². The summed E-state index contributed by atoms with van der Waals surface area (Å²) < 4.78 is 0. The lowest BCUT2D eigenvalue weighted by molar-refractivity contribution is 0.250. The molecular formula is C26H28N4S. The van der Waals surface area contributed by atoms with Gasteiger partial charge in [-0.2, -0.15) is 0 Å². The maximum atomic E-state index is 4.78. The molecule has 2 aliphatic rings. The first kappa shape index (κ1) is 19.2. The van der Waals surface area contributed by atoms with Crippen molar-refractivity contribution in [3.63, 3.8) is 0 Å². The summed E-state index contributed by atoms with van der Waals surface area (Å²) in [6.07, 6.45) is 6.79. The molecule has 1 fully saturated rings. The van der Waals surface area contributed by atoms with Gasteiger partial charge in [0.1, 0.15) is 17.0 Å². The van der Waals surface area contributed by atoms with Crippen LogP contribution in [-0.4, -0.2) is 41.0 Å². The Morgan fingerprint density at radius 3 is 2.68 bits per heavy atom. The van der Waals surface area contributed by atoms with Gasteiger partial charge in [-0.15, -0.1) is 11.3 Å². The molecule has 3 heterocycles. The summed E-state index contributed by atoms with van der Waals surface area (Å²) in [5.74, 6) is 1.17. The summed E-state index contributed by atoms with van der Waals surface area (Å²) in [6, 6.07) is 13.3. The lowest BCUT2D eigenvalue weighted by atomic mass is 9.97. The van der Waals surface area contributed by atoms with Crippen molar-refractivity contribution >= 4 is 38.1 Å². The molecule has 6 rings (SSSR count). The van der Waals surface area contributed by atoms with Gasteiger partial charge < -0.3 is 4.90 Å². The number of anilines is 1. The van der Waals surface area contributed by atoms with Crippen molar-refractivity contribution in [1.82, 2.24) is 14.9 Å². The van der Waals surface area contributed by atoms with Crippen LogP contribution in [0.5, 0.6) is 0 Å². The van der Waals surface area contributed by atoms with E-state index in [4.69, 9.17) is 4.98 Å². The minimum atomic E-state index is 1.02. The second-order valence-corrected chi connectivity index (χ2v) is 10.0. The minimum Gasteiger partial charge on any atom is -0.353 e. The lowest BCUT2D eigenvalue weighted by Gasteiger charge is -2.36. The predicted octanol–water partition coefficient (Wildman–Crippen LogP) is 5.35. The van der Waals surface area contributed by atoms with E-state index in [1.807, 2.05) is 11.3 Å². The highest BCUT2D eigenvalue weighted by atomic mass is 32.1. The predicted molar refractivity (Wildman–Crippen MR) is 130 cm³/mol. The van der Waals surface area contributed by atoms with Crippen LogP contribution in [0.25, 0.3) is 21.0 Å². The third-order valence-electron chi connectivity index (χ3n) is 7.06. The molecule has 1 aliphatic heterocycles. The molecule has 0 amide bonds. The molecule has 0 saturated carbocycles. The number of aromatic nitrogens is 2. The maximum Gasteiger partial charge on any atom is 0.141 e. The third kappa shape index (κ3) is 3.40. The Labute approximate surface area is 187 Å². The zero-order chi connectivity index (χ0) is 20.8. The zero-order valence-electron chi connectivity index (χ0n) is 18.1. The number of benzene rings is 2. The van der Waals surface area contributed by atoms with Crippen molar-refractivity contribution in [2.45, 2.75) is 39.2 Å². The van der Waals surface area contributed by atoms with Crippen molar-refractivity contribution in [1.29, 1.82) is 0 Å². The summed E-state index contributed by atoms with van der Waals surface area (Å²) in [5.41, 5.74) is 4.40. The molecule has 0 spiro atoms. The Morgan fingerprint density at radius 1 is 0.935 bits per heavy atom. The largest absolute Gasteiger partial charge is 0.353 e. The average Bonchev–Trinajstić information content (AvgIpc) is 3.20. The van der Waals surface area contributed by atoms with Crippen LogP contribution in [0.3, 0.4) is 0 Å². The normalized spacial score (nSPS) is 17.4. The number of rotatable bonds is 3. The molecule has 0 radical (unpaired) electrons. The van der Waals surface area contributed by atoms with Crippen LogP contribution in [0.1, 0.15) is 34.4 Å². The van der Waals surface area contributed by atoms with Crippen molar-refractivity contribution in [2.75, 3.05) is 31.1 Å². The minimum absolute atomic E-state index is 1.02. The Kier molecular flexibility index (Phi) is 4.88. The van der Waals surface area contributed by atoms with Crippen LogP contribution in [0.15, 0.2) is 42.7 Å². The molecular weight excluding hydrogens is 400 g/mol. The fourth-order valence-electron chi connectivity index (χ4n) is 5.31. The molecule has 158 valence electrons. The number of thiophene rings is 1. The summed E-state index contributed by atoms with van der Waals surface area (Å²) in [5, 5.41) is 4.08. The Hall–Kier alpha value is -2.50. The molecule has 2 aromatic heterocycles. The molecule has 0 unspecified atom stereocenters. The standard InChI is InChI=1S/C26H28N4S/c1-18-10-11-19-6-2-3-7-20(19)22(18)16-29-12-14-30(15-13-29)25-24-21-8-4-5-9-23(21)31-26(24)28-17-27-25/h2-3,6-7,10-11,17H,4-5,8-9,12-16H2,1H3. The second kappa shape index (κ2) is 7.88. The number of fused-ring (bicyclic) bond motifs is 4. The van der Waals surface area contributed by atoms with E-state index in [1.54, 1.807) is 11.2 Å². The molecule has 0 bridgehead atoms. The molecule has 0 atom stereocenters. The van der Waals surface area contributed by atoms with E-state index >= 15 is 0 Å². The van der Waals surface area contributed by atoms with Crippen LogP contribution in [0.4, 0.5) is 5.82 Å². The van der Waals surface area contributed by atoms with E-state index in [0.717, 1.165) is 32.7 Å². The molecule has 1 aliphatic carbocycles. The van der Waals surface area contributed by atoms with Gasteiger partial charge in [0.2, 0.25) is 0 Å². The van der Waals surface area contributed by atoms with Crippen molar-refractivity contribution < 1.29 is 0 Å². The zero-order valence-corrected chi connectivity index (χ0v) is 18.9. The Morgan fingerprint density at radius 2 is 1.77 bits per heavy atom. The van der Waals surface area contributed by atoms with Crippen LogP contribution in [0, 0.1) is 6.92 Å². The fourth-order valence-corrected chi connectivity index (χ4v) is 6.53. The Balaban J connectivity index is 1.24. The summed E-state index contributed by atoms with van der Waals surface area (Å²) in [4.78, 5) is 17.2. The highest BCUT2D eigenvalue weighted by Crippen LogP contribution is 2.39. The van der Waals surface area contributed by atoms with Gasteiger partial charge in [-0.25, -0.2) is 9.97 Å². The second-order valence-electron chi connectivity index (χ2n) is 8.93. The number of nitrogens with zero attached hydrogens (tertiary/aromatic N) is 4. The molecule has 4 nitrogen and oxygen atoms in total. The van der Waals surface area contributed by atoms with E-state index in [9.17, 15) is 0 Å². The maximum absolute atomic E-state index is 4.78. The molecule has 0 N–H and O–H groups in total. The van der Waals surface area contributed by atoms with Gasteiger partial charge in [0.05, 0.1) is 5.39 Å². The highest BCUT2D eigenvalue weighted by Gasteiger charge is 2.25. The first-order chi connectivity index (χ1) is 15.3. The Bertz CT molecular complexity index is 1250. The molecule has 4 aromatic rings. The summed E-state index contributed by atoms with van der Waals surface area (Å²) in [6.45, 7) is 7.46. The van der Waals surface area contributed by atoms with Crippen LogP contribution < -0.4 is 4.90 Å². The van der Waals surface area contributed by atoms with E-state index < -0.39 is 0 Å². The number of aryl methyl sites for hydroxylation is 3. The van der Waals surface area contributed by atoms with Crippen LogP contribution in [0.2, 0.25) is 0 Å². The lowest BCUT2D eigenvalue weighted by Crippen LogP contribution is -2.46. The van der Waals surface area contributed by atoms with Gasteiger partial charge >= 0.3 is 0 Å². The van der Waals surface area contributed by atoms with Crippen molar-refractivity contribution in [3.05, 3.63) is 64.3 Å². The van der Waals surface area contributed by atoms with Gasteiger partial charge in [-0.1, -0.05) is 36.4 Å². The van der Waals surface area contributed by atoms with E-state index in [2.05, 4.69) is 58.1 Å². The highest BCUT2D eigenvalue weighted by molar-refractivity contribution is 7.19. The number of piperazine rings is 1. The topological polar surface area (TPSA) is 32.3 Å². The van der Waals surface area contributed by atoms with Gasteiger partial charge in [-0.05, 0) is 60.1 Å². The van der Waals surface area contributed by atoms with Crippen LogP contribution in [-0.2, 0) is 19.4 Å². The molecule has 1 saturated heterocycles. The van der Waals surface area contributed by atoms with E-state index in [-0.39, 0.29) is 0 Å². The quantitative estimate of drug-likeness (QED) is 0.440. The smallest absolute Gasteiger partial charge is 0.141 e. The first-order valence-electron chi connectivity index (χ1n) is 11.5. The molecule has 31 heavy (non-hydrogen) atoms. The summed E-state index contributed by atoms with van der Waals surface area (Å²) in [7, 11) is 0. The van der Waals surface area contributed by atoms with Gasteiger partial charge in [0.25, 0.3) is 0 Å². The average molecular weight is 429 g/mol. The molecule has 2 aromatic carbocycles. The van der Waals surface area contributed by atoms with Gasteiger partial charge in [-0.3, -0.25) is 4.90 Å². The van der Waals surface area contributed by atoms with E-state index in [1.165, 1.54) is 69.2 Å². The summed E-state index contributed by atoms with van der Waals surface area (Å²) >= 11 is 1.89. The number of hydrogen-bond acceptors (Lipinski definition) is 5. The van der Waals surface area contributed by atoms with Crippen molar-refractivity contribution in [2.24, 2.45) is 0 Å². The molecule has 5 heteroatoms. The monoisotopic (exact) mass is 428 g/mol. The fraction of sp³-hybridized carbons (Fsp3) is 0.385. The first-order valence-corrected chi connectivity index (χ1v) is 12.3. The van der Waals surface area contributed by atoms with Gasteiger partial charge in [0, 0.05) is 37.6 Å². The SMILES string of the molecule is Cc1ccc2ccccc2c1CN1CCN(c2ncnc3sc4c(c23)CCCC4)CC1. The third-order valence-corrected chi connectivity index (χ3v) is 8.26. The van der Waals surface area contributed by atoms with Crippen LogP contribution >= 0.6 is 11.3 Å². The van der Waals surface area contributed by atoms with Crippen molar-refractivity contribution in [3.8, 4) is 0 Å².